The second-order valence-electron chi connectivity index (χ2n) is 4.11. The molecule has 0 radical (unpaired) electrons. The van der Waals surface area contributed by atoms with Crippen LogP contribution in [0.2, 0.25) is 0 Å². The van der Waals surface area contributed by atoms with Crippen LogP contribution in [0.3, 0.4) is 0 Å². The first-order chi connectivity index (χ1) is 7.49. The number of nitrogens with zero attached hydrogens (tertiary/aromatic N) is 2. The highest BCUT2D eigenvalue weighted by molar-refractivity contribution is 5.27. The van der Waals surface area contributed by atoms with Crippen LogP contribution in [0.25, 0.3) is 0 Å². The van der Waals surface area contributed by atoms with E-state index in [1.165, 1.54) is 0 Å². The van der Waals surface area contributed by atoms with Crippen molar-refractivity contribution in [1.29, 1.82) is 0 Å². The lowest BCUT2D eigenvalue weighted by atomic mass is 10.0. The monoisotopic (exact) mass is 227 g/mol. The molecule has 1 rings (SSSR count). The van der Waals surface area contributed by atoms with Crippen molar-refractivity contribution in [1.82, 2.24) is 15.1 Å². The summed E-state index contributed by atoms with van der Waals surface area (Å²) < 4.78 is 1.72. The molecule has 0 aromatic carbocycles. The minimum Gasteiger partial charge on any atom is -0.390 e. The van der Waals surface area contributed by atoms with Crippen molar-refractivity contribution in [2.45, 2.75) is 32.5 Å². The molecule has 0 bridgehead atoms. The average molecular weight is 227 g/mol. The van der Waals surface area contributed by atoms with Gasteiger partial charge in [0.2, 0.25) is 0 Å². The first-order valence-electron chi connectivity index (χ1n) is 5.49. The summed E-state index contributed by atoms with van der Waals surface area (Å²) in [6.07, 6.45) is -1.10. The van der Waals surface area contributed by atoms with Crippen molar-refractivity contribution in [3.63, 3.8) is 0 Å². The van der Waals surface area contributed by atoms with E-state index in [0.29, 0.717) is 13.0 Å². The molecule has 16 heavy (non-hydrogen) atoms. The normalized spacial score (nSPS) is 15.1. The first-order valence-corrected chi connectivity index (χ1v) is 5.49. The predicted octanol–water partition coefficient (Wildman–Crippen LogP) is 0.0407. The van der Waals surface area contributed by atoms with E-state index in [0.717, 1.165) is 17.0 Å². The molecule has 0 fully saturated rings. The third-order valence-corrected chi connectivity index (χ3v) is 2.92. The van der Waals surface area contributed by atoms with E-state index >= 15 is 0 Å². The van der Waals surface area contributed by atoms with Crippen LogP contribution in [0.5, 0.6) is 0 Å². The summed E-state index contributed by atoms with van der Waals surface area (Å²) in [5.41, 5.74) is 2.41. The summed E-state index contributed by atoms with van der Waals surface area (Å²) in [6.45, 7) is 4.41. The summed E-state index contributed by atoms with van der Waals surface area (Å²) in [4.78, 5) is 0. The van der Waals surface area contributed by atoms with Crippen molar-refractivity contribution < 1.29 is 10.2 Å². The Morgan fingerprint density at radius 2 is 2.00 bits per heavy atom. The lowest BCUT2D eigenvalue weighted by molar-refractivity contribution is 0.0132. The van der Waals surface area contributed by atoms with E-state index < -0.39 is 12.2 Å². The van der Waals surface area contributed by atoms with Crippen molar-refractivity contribution in [2.75, 3.05) is 13.6 Å². The number of rotatable bonds is 5. The maximum atomic E-state index is 10.1. The highest BCUT2D eigenvalue weighted by atomic mass is 16.3. The molecule has 0 aliphatic rings. The molecular formula is C11H21N3O2. The molecule has 1 aromatic rings. The number of aromatic nitrogens is 2. The zero-order chi connectivity index (χ0) is 12.3. The Balaban J connectivity index is 2.82. The van der Waals surface area contributed by atoms with E-state index in [4.69, 9.17) is 0 Å². The Hall–Kier alpha value is -0.910. The van der Waals surface area contributed by atoms with Crippen molar-refractivity contribution in [2.24, 2.45) is 7.05 Å². The van der Waals surface area contributed by atoms with Gasteiger partial charge in [0.15, 0.2) is 0 Å². The number of aliphatic hydroxyl groups is 2. The molecule has 3 N–H and O–H groups in total. The Morgan fingerprint density at radius 3 is 2.44 bits per heavy atom. The van der Waals surface area contributed by atoms with Gasteiger partial charge < -0.3 is 15.5 Å². The van der Waals surface area contributed by atoms with Crippen LogP contribution in [-0.4, -0.2) is 39.7 Å². The van der Waals surface area contributed by atoms with E-state index in [1.54, 1.807) is 4.68 Å². The van der Waals surface area contributed by atoms with Gasteiger partial charge in [0, 0.05) is 18.3 Å². The van der Waals surface area contributed by atoms with Crippen LogP contribution in [0.15, 0.2) is 0 Å². The van der Waals surface area contributed by atoms with Crippen molar-refractivity contribution >= 4 is 0 Å². The van der Waals surface area contributed by atoms with Crippen LogP contribution in [0.4, 0.5) is 0 Å². The second-order valence-corrected chi connectivity index (χ2v) is 4.11. The molecule has 0 saturated carbocycles. The van der Waals surface area contributed by atoms with E-state index in [2.05, 4.69) is 10.4 Å². The second kappa shape index (κ2) is 5.43. The minimum atomic E-state index is -0.859. The van der Waals surface area contributed by atoms with Crippen LogP contribution >= 0.6 is 0 Å². The topological polar surface area (TPSA) is 70.3 Å². The molecular weight excluding hydrogens is 206 g/mol. The number of hydrogen-bond donors (Lipinski definition) is 3. The first kappa shape index (κ1) is 13.2. The van der Waals surface area contributed by atoms with Gasteiger partial charge in [-0.15, -0.1) is 0 Å². The lowest BCUT2D eigenvalue weighted by Crippen LogP contribution is -2.24. The quantitative estimate of drug-likeness (QED) is 0.664. The van der Waals surface area contributed by atoms with Gasteiger partial charge in [-0.2, -0.15) is 5.10 Å². The van der Waals surface area contributed by atoms with E-state index in [-0.39, 0.29) is 0 Å². The van der Waals surface area contributed by atoms with Crippen LogP contribution in [-0.2, 0) is 7.05 Å². The molecule has 92 valence electrons. The molecule has 5 nitrogen and oxygen atoms in total. The SMILES string of the molecule is CNCCC(O)C(O)c1c(C)nn(C)c1C. The molecule has 0 saturated heterocycles. The van der Waals surface area contributed by atoms with E-state index in [1.807, 2.05) is 27.9 Å². The minimum absolute atomic E-state index is 0.519. The average Bonchev–Trinajstić information content (AvgIpc) is 2.49. The molecule has 2 atom stereocenters. The van der Waals surface area contributed by atoms with Crippen LogP contribution < -0.4 is 5.32 Å². The van der Waals surface area contributed by atoms with Gasteiger partial charge >= 0.3 is 0 Å². The zero-order valence-electron chi connectivity index (χ0n) is 10.4. The van der Waals surface area contributed by atoms with Crippen LogP contribution in [0, 0.1) is 13.8 Å². The van der Waals surface area contributed by atoms with Crippen molar-refractivity contribution in [3.05, 3.63) is 17.0 Å². The number of hydrogen-bond acceptors (Lipinski definition) is 4. The molecule has 5 heteroatoms. The number of aliphatic hydroxyl groups excluding tert-OH is 2. The predicted molar refractivity (Wildman–Crippen MR) is 62.2 cm³/mol. The lowest BCUT2D eigenvalue weighted by Gasteiger charge is -2.18. The fourth-order valence-electron chi connectivity index (χ4n) is 1.86. The fraction of sp³-hybridized carbons (Fsp3) is 0.727. The molecule has 0 amide bonds. The molecule has 1 heterocycles. The highest BCUT2D eigenvalue weighted by Crippen LogP contribution is 2.24. The van der Waals surface area contributed by atoms with E-state index in [9.17, 15) is 10.2 Å². The van der Waals surface area contributed by atoms with Gasteiger partial charge in [-0.3, -0.25) is 4.68 Å². The number of nitrogens with one attached hydrogen (secondary N) is 1. The summed E-state index contributed by atoms with van der Waals surface area (Å²) >= 11 is 0. The van der Waals surface area contributed by atoms with Crippen molar-refractivity contribution in [3.8, 4) is 0 Å². The summed E-state index contributed by atoms with van der Waals surface area (Å²) in [5.74, 6) is 0. The Bertz CT molecular complexity index is 349. The fourth-order valence-corrected chi connectivity index (χ4v) is 1.86. The largest absolute Gasteiger partial charge is 0.390 e. The standard InChI is InChI=1S/C11H21N3O2/c1-7-10(8(2)14(4)13-7)11(16)9(15)5-6-12-3/h9,11-12,15-16H,5-6H2,1-4H3. The summed E-state index contributed by atoms with van der Waals surface area (Å²) in [6, 6.07) is 0. The smallest absolute Gasteiger partial charge is 0.108 e. The van der Waals surface area contributed by atoms with Gasteiger partial charge in [-0.05, 0) is 33.9 Å². The summed E-state index contributed by atoms with van der Waals surface area (Å²) in [5, 5.41) is 27.1. The van der Waals surface area contributed by atoms with Gasteiger partial charge in [-0.25, -0.2) is 0 Å². The third kappa shape index (κ3) is 2.61. The number of aryl methyl sites for hydroxylation is 2. The Kier molecular flexibility index (Phi) is 4.46. The Labute approximate surface area is 96.1 Å². The molecule has 0 spiro atoms. The van der Waals surface area contributed by atoms with Gasteiger partial charge in [0.1, 0.15) is 6.10 Å². The molecule has 2 unspecified atom stereocenters. The summed E-state index contributed by atoms with van der Waals surface area (Å²) in [7, 11) is 3.65. The van der Waals surface area contributed by atoms with Gasteiger partial charge in [0.05, 0.1) is 11.8 Å². The van der Waals surface area contributed by atoms with Crippen LogP contribution in [0.1, 0.15) is 29.5 Å². The highest BCUT2D eigenvalue weighted by Gasteiger charge is 2.24. The van der Waals surface area contributed by atoms with Gasteiger partial charge in [0.25, 0.3) is 0 Å². The molecule has 0 aliphatic carbocycles. The Morgan fingerprint density at radius 1 is 1.38 bits per heavy atom. The third-order valence-electron chi connectivity index (χ3n) is 2.92. The maximum absolute atomic E-state index is 10.1. The zero-order valence-corrected chi connectivity index (χ0v) is 10.4. The maximum Gasteiger partial charge on any atom is 0.108 e. The van der Waals surface area contributed by atoms with Gasteiger partial charge in [-0.1, -0.05) is 0 Å². The molecule has 1 aromatic heterocycles. The molecule has 0 aliphatic heterocycles.